The van der Waals surface area contributed by atoms with Gasteiger partial charge in [-0.25, -0.2) is 8.42 Å². The molecule has 1 rings (SSSR count). The largest absolute Gasteiger partial charge is 0.398 e. The van der Waals surface area contributed by atoms with Crippen molar-refractivity contribution in [3.8, 4) is 0 Å². The van der Waals surface area contributed by atoms with Crippen LogP contribution in [-0.4, -0.2) is 24.7 Å². The third-order valence-corrected chi connectivity index (χ3v) is 5.80. The smallest absolute Gasteiger partial charge is 0.163 e. The fourth-order valence-electron chi connectivity index (χ4n) is 1.39. The van der Waals surface area contributed by atoms with Crippen LogP contribution in [0.3, 0.4) is 0 Å². The number of carbonyl (C=O) groups is 1. The number of carbonyl (C=O) groups excluding carboxylic acids is 1. The second kappa shape index (κ2) is 5.51. The number of nitrogen functional groups attached to an aromatic ring is 1. The SMILES string of the molecule is CC(C)(C)S(=O)(=O)CCC(=O)c1ccc(Cl)c(N)c1. The number of halogens is 1. The maximum atomic E-state index is 11.9. The van der Waals surface area contributed by atoms with E-state index in [-0.39, 0.29) is 18.0 Å². The van der Waals surface area contributed by atoms with E-state index in [1.54, 1.807) is 26.8 Å². The minimum Gasteiger partial charge on any atom is -0.398 e. The van der Waals surface area contributed by atoms with Gasteiger partial charge in [-0.15, -0.1) is 0 Å². The maximum absolute atomic E-state index is 11.9. The first-order valence-corrected chi connectivity index (χ1v) is 7.88. The van der Waals surface area contributed by atoms with Crippen molar-refractivity contribution in [3.63, 3.8) is 0 Å². The number of Topliss-reactive ketones (excluding diaryl/α,β-unsaturated/α-hetero) is 1. The molecule has 19 heavy (non-hydrogen) atoms. The fourth-order valence-corrected chi connectivity index (χ4v) is 2.58. The quantitative estimate of drug-likeness (QED) is 0.685. The highest BCUT2D eigenvalue weighted by Gasteiger charge is 2.29. The van der Waals surface area contributed by atoms with Crippen LogP contribution in [0.25, 0.3) is 0 Å². The van der Waals surface area contributed by atoms with E-state index in [0.29, 0.717) is 16.3 Å². The molecule has 0 unspecified atom stereocenters. The molecule has 106 valence electrons. The third-order valence-electron chi connectivity index (χ3n) is 2.85. The molecule has 2 N–H and O–H groups in total. The van der Waals surface area contributed by atoms with Crippen molar-refractivity contribution in [2.45, 2.75) is 31.9 Å². The van der Waals surface area contributed by atoms with Gasteiger partial charge >= 0.3 is 0 Å². The molecule has 0 aliphatic heterocycles. The van der Waals surface area contributed by atoms with Crippen LogP contribution in [0.15, 0.2) is 18.2 Å². The molecule has 1 aromatic rings. The number of hydrogen-bond acceptors (Lipinski definition) is 4. The molecule has 0 amide bonds. The van der Waals surface area contributed by atoms with Gasteiger partial charge in [-0.1, -0.05) is 11.6 Å². The summed E-state index contributed by atoms with van der Waals surface area (Å²) in [5.41, 5.74) is 6.30. The molecule has 0 aromatic heterocycles. The lowest BCUT2D eigenvalue weighted by molar-refractivity contribution is 0.0988. The number of hydrogen-bond donors (Lipinski definition) is 1. The standard InChI is InChI=1S/C13H18ClNO3S/c1-13(2,3)19(17,18)7-6-12(16)9-4-5-10(14)11(15)8-9/h4-5,8H,6-7,15H2,1-3H3. The lowest BCUT2D eigenvalue weighted by Crippen LogP contribution is -2.31. The van der Waals surface area contributed by atoms with E-state index in [0.717, 1.165) is 0 Å². The zero-order valence-corrected chi connectivity index (χ0v) is 12.8. The summed E-state index contributed by atoms with van der Waals surface area (Å²) in [5, 5.41) is 0.374. The van der Waals surface area contributed by atoms with Crippen LogP contribution < -0.4 is 5.73 Å². The molecule has 0 heterocycles. The van der Waals surface area contributed by atoms with E-state index in [4.69, 9.17) is 17.3 Å². The van der Waals surface area contributed by atoms with E-state index < -0.39 is 14.6 Å². The van der Waals surface area contributed by atoms with Crippen molar-refractivity contribution in [1.29, 1.82) is 0 Å². The molecular formula is C13H18ClNO3S. The van der Waals surface area contributed by atoms with Gasteiger partial charge in [-0.2, -0.15) is 0 Å². The molecular weight excluding hydrogens is 286 g/mol. The van der Waals surface area contributed by atoms with Crippen molar-refractivity contribution in [2.24, 2.45) is 0 Å². The summed E-state index contributed by atoms with van der Waals surface area (Å²) in [5.74, 6) is -0.422. The van der Waals surface area contributed by atoms with Crippen LogP contribution in [0.2, 0.25) is 5.02 Å². The number of anilines is 1. The van der Waals surface area contributed by atoms with Crippen molar-refractivity contribution < 1.29 is 13.2 Å². The zero-order chi connectivity index (χ0) is 14.8. The van der Waals surface area contributed by atoms with E-state index in [1.165, 1.54) is 12.1 Å². The van der Waals surface area contributed by atoms with Gasteiger partial charge < -0.3 is 5.73 Å². The number of nitrogens with two attached hydrogens (primary N) is 1. The topological polar surface area (TPSA) is 77.2 Å². The van der Waals surface area contributed by atoms with Gasteiger partial charge in [0, 0.05) is 12.0 Å². The summed E-state index contributed by atoms with van der Waals surface area (Å²) in [6.07, 6.45) is -0.0549. The minimum atomic E-state index is -3.30. The Kier molecular flexibility index (Phi) is 4.63. The van der Waals surface area contributed by atoms with E-state index in [9.17, 15) is 13.2 Å². The monoisotopic (exact) mass is 303 g/mol. The Bertz CT molecular complexity index is 588. The fraction of sp³-hybridized carbons (Fsp3) is 0.462. The molecule has 0 radical (unpaired) electrons. The van der Waals surface area contributed by atoms with Gasteiger partial charge in [-0.05, 0) is 39.0 Å². The molecule has 0 saturated carbocycles. The minimum absolute atomic E-state index is 0.0549. The molecule has 0 atom stereocenters. The highest BCUT2D eigenvalue weighted by atomic mass is 35.5. The summed E-state index contributed by atoms with van der Waals surface area (Å²) in [4.78, 5) is 11.9. The van der Waals surface area contributed by atoms with Crippen LogP contribution >= 0.6 is 11.6 Å². The lowest BCUT2D eigenvalue weighted by atomic mass is 10.1. The molecule has 0 saturated heterocycles. The Balaban J connectivity index is 2.79. The van der Waals surface area contributed by atoms with E-state index in [1.807, 2.05) is 0 Å². The number of benzene rings is 1. The van der Waals surface area contributed by atoms with Crippen LogP contribution in [0.5, 0.6) is 0 Å². The third kappa shape index (κ3) is 3.94. The summed E-state index contributed by atoms with van der Waals surface area (Å²) in [6.45, 7) is 4.85. The Hall–Kier alpha value is -1.07. The normalized spacial score (nSPS) is 12.4. The Morgan fingerprint density at radius 3 is 2.37 bits per heavy atom. The first-order chi connectivity index (χ1) is 8.54. The number of sulfone groups is 1. The molecule has 1 aromatic carbocycles. The van der Waals surface area contributed by atoms with Crippen LogP contribution in [0.4, 0.5) is 5.69 Å². The van der Waals surface area contributed by atoms with Crippen molar-refractivity contribution in [3.05, 3.63) is 28.8 Å². The van der Waals surface area contributed by atoms with E-state index in [2.05, 4.69) is 0 Å². The molecule has 0 fully saturated rings. The first kappa shape index (κ1) is 16.0. The average molecular weight is 304 g/mol. The van der Waals surface area contributed by atoms with Gasteiger partial charge in [0.05, 0.1) is 21.2 Å². The van der Waals surface area contributed by atoms with Gasteiger partial charge in [0.25, 0.3) is 0 Å². The molecule has 0 aliphatic rings. The van der Waals surface area contributed by atoms with Crippen LogP contribution in [-0.2, 0) is 9.84 Å². The van der Waals surface area contributed by atoms with Crippen LogP contribution in [0.1, 0.15) is 37.6 Å². The zero-order valence-electron chi connectivity index (χ0n) is 11.2. The van der Waals surface area contributed by atoms with E-state index >= 15 is 0 Å². The summed E-state index contributed by atoms with van der Waals surface area (Å²) < 4.78 is 23.0. The molecule has 4 nitrogen and oxygen atoms in total. The molecule has 0 spiro atoms. The van der Waals surface area contributed by atoms with Gasteiger partial charge in [0.2, 0.25) is 0 Å². The molecule has 6 heteroatoms. The van der Waals surface area contributed by atoms with Gasteiger partial charge in [0.1, 0.15) is 0 Å². The van der Waals surface area contributed by atoms with Crippen molar-refractivity contribution >= 4 is 32.9 Å². The maximum Gasteiger partial charge on any atom is 0.163 e. The molecule has 0 aliphatic carbocycles. The van der Waals surface area contributed by atoms with Crippen LogP contribution in [0, 0.1) is 0 Å². The predicted octanol–water partition coefficient (Wildman–Crippen LogP) is 2.71. The molecule has 0 bridgehead atoms. The summed E-state index contributed by atoms with van der Waals surface area (Å²) >= 11 is 5.76. The van der Waals surface area contributed by atoms with Gasteiger partial charge in [-0.3, -0.25) is 4.79 Å². The average Bonchev–Trinajstić information content (AvgIpc) is 2.28. The summed E-state index contributed by atoms with van der Waals surface area (Å²) in [6, 6.07) is 4.54. The summed E-state index contributed by atoms with van der Waals surface area (Å²) in [7, 11) is -3.30. The number of ketones is 1. The number of rotatable bonds is 4. The Labute approximate surface area is 118 Å². The van der Waals surface area contributed by atoms with Crippen molar-refractivity contribution in [1.82, 2.24) is 0 Å². The lowest BCUT2D eigenvalue weighted by Gasteiger charge is -2.18. The van der Waals surface area contributed by atoms with Crippen molar-refractivity contribution in [2.75, 3.05) is 11.5 Å². The van der Waals surface area contributed by atoms with Gasteiger partial charge in [0.15, 0.2) is 15.6 Å². The highest BCUT2D eigenvalue weighted by molar-refractivity contribution is 7.92. The Morgan fingerprint density at radius 2 is 1.89 bits per heavy atom. The predicted molar refractivity (Wildman–Crippen MR) is 78.4 cm³/mol. The first-order valence-electron chi connectivity index (χ1n) is 5.85. The second-order valence-electron chi connectivity index (χ2n) is 5.34. The Morgan fingerprint density at radius 1 is 1.32 bits per heavy atom. The highest BCUT2D eigenvalue weighted by Crippen LogP contribution is 2.21. The second-order valence-corrected chi connectivity index (χ2v) is 8.61.